The Morgan fingerprint density at radius 1 is 1.32 bits per heavy atom. The average molecular weight is 341 g/mol. The first-order valence-corrected chi connectivity index (χ1v) is 8.90. The molecule has 1 aliphatic rings. The maximum atomic E-state index is 12.1. The van der Waals surface area contributed by atoms with Crippen molar-refractivity contribution in [2.24, 2.45) is 0 Å². The van der Waals surface area contributed by atoms with Gasteiger partial charge in [-0.05, 0) is 36.1 Å². The van der Waals surface area contributed by atoms with Gasteiger partial charge in [0.05, 0.1) is 0 Å². The molecule has 1 aliphatic heterocycles. The topological polar surface area (TPSA) is 84.9 Å². The summed E-state index contributed by atoms with van der Waals surface area (Å²) >= 11 is 1.12. The van der Waals surface area contributed by atoms with Crippen LogP contribution in [0.4, 0.5) is 0 Å². The van der Waals surface area contributed by atoms with Crippen molar-refractivity contribution in [2.45, 2.75) is 16.7 Å². The van der Waals surface area contributed by atoms with Crippen molar-refractivity contribution in [3.63, 3.8) is 0 Å². The molecule has 1 atom stereocenters. The molecule has 1 aromatic heterocycles. The van der Waals surface area contributed by atoms with E-state index in [0.29, 0.717) is 17.1 Å². The number of benzene rings is 1. The van der Waals surface area contributed by atoms with E-state index in [1.54, 1.807) is 36.6 Å². The van der Waals surface area contributed by atoms with Crippen molar-refractivity contribution in [1.82, 2.24) is 4.72 Å². The molecule has 2 aromatic rings. The molecule has 1 unspecified atom stereocenters. The van der Waals surface area contributed by atoms with E-state index in [2.05, 4.69) is 4.72 Å². The summed E-state index contributed by atoms with van der Waals surface area (Å²) in [5.41, 5.74) is -0.823. The second-order valence-corrected chi connectivity index (χ2v) is 8.04. The molecule has 0 saturated heterocycles. The SMILES string of the molecule is CC(O)(CNS(=O)(=O)c1cccs1)c1ccc2c(c1)OCO2. The van der Waals surface area contributed by atoms with Crippen LogP contribution in [0, 0.1) is 0 Å². The number of rotatable bonds is 5. The number of ether oxygens (including phenoxy) is 2. The Kier molecular flexibility index (Phi) is 3.85. The molecule has 0 amide bonds. The Labute approximate surface area is 132 Å². The molecule has 0 bridgehead atoms. The van der Waals surface area contributed by atoms with E-state index >= 15 is 0 Å². The number of hydrogen-bond acceptors (Lipinski definition) is 6. The fraction of sp³-hybridized carbons (Fsp3) is 0.286. The van der Waals surface area contributed by atoms with Crippen LogP contribution in [0.3, 0.4) is 0 Å². The highest BCUT2D eigenvalue weighted by Crippen LogP contribution is 2.35. The lowest BCUT2D eigenvalue weighted by atomic mass is 9.96. The minimum absolute atomic E-state index is 0.145. The third kappa shape index (κ3) is 2.95. The van der Waals surface area contributed by atoms with Gasteiger partial charge in [0, 0.05) is 6.54 Å². The molecule has 118 valence electrons. The summed E-state index contributed by atoms with van der Waals surface area (Å²) in [6.07, 6.45) is 0. The Morgan fingerprint density at radius 2 is 2.09 bits per heavy atom. The summed E-state index contributed by atoms with van der Waals surface area (Å²) in [4.78, 5) is 0. The van der Waals surface area contributed by atoms with E-state index in [4.69, 9.17) is 9.47 Å². The van der Waals surface area contributed by atoms with Crippen molar-refractivity contribution < 1.29 is 23.0 Å². The van der Waals surface area contributed by atoms with Gasteiger partial charge in [-0.2, -0.15) is 0 Å². The first-order chi connectivity index (χ1) is 10.4. The molecule has 2 N–H and O–H groups in total. The summed E-state index contributed by atoms with van der Waals surface area (Å²) in [6, 6.07) is 8.21. The number of nitrogens with one attached hydrogen (secondary N) is 1. The Morgan fingerprint density at radius 3 is 2.82 bits per heavy atom. The fourth-order valence-electron chi connectivity index (χ4n) is 2.06. The minimum Gasteiger partial charge on any atom is -0.454 e. The molecule has 1 aromatic carbocycles. The molecule has 8 heteroatoms. The van der Waals surface area contributed by atoms with Crippen molar-refractivity contribution in [1.29, 1.82) is 0 Å². The van der Waals surface area contributed by atoms with Gasteiger partial charge in [-0.15, -0.1) is 11.3 Å². The number of sulfonamides is 1. The average Bonchev–Trinajstić information content (AvgIpc) is 3.15. The third-order valence-electron chi connectivity index (χ3n) is 3.36. The standard InChI is InChI=1S/C14H15NO5S2/c1-14(16,8-15-22(17,18)13-3-2-6-21-13)10-4-5-11-12(7-10)20-9-19-11/h2-7,15-16H,8-9H2,1H3. The molecule has 0 fully saturated rings. The maximum absolute atomic E-state index is 12.1. The van der Waals surface area contributed by atoms with Gasteiger partial charge in [0.1, 0.15) is 9.81 Å². The first-order valence-electron chi connectivity index (χ1n) is 6.54. The van der Waals surface area contributed by atoms with E-state index in [0.717, 1.165) is 11.3 Å². The molecular formula is C14H15NO5S2. The summed E-state index contributed by atoms with van der Waals surface area (Å²) in [6.45, 7) is 1.54. The molecule has 6 nitrogen and oxygen atoms in total. The lowest BCUT2D eigenvalue weighted by Crippen LogP contribution is -2.38. The van der Waals surface area contributed by atoms with Crippen LogP contribution in [0.5, 0.6) is 11.5 Å². The zero-order chi connectivity index (χ0) is 15.8. The molecule has 0 spiro atoms. The van der Waals surface area contributed by atoms with Gasteiger partial charge in [-0.25, -0.2) is 13.1 Å². The van der Waals surface area contributed by atoms with Crippen molar-refractivity contribution in [3.8, 4) is 11.5 Å². The zero-order valence-corrected chi connectivity index (χ0v) is 13.4. The fourth-order valence-corrected chi connectivity index (χ4v) is 4.23. The highest BCUT2D eigenvalue weighted by atomic mass is 32.2. The predicted octanol–water partition coefficient (Wildman–Crippen LogP) is 1.66. The second-order valence-electron chi connectivity index (χ2n) is 5.10. The minimum atomic E-state index is -3.62. The third-order valence-corrected chi connectivity index (χ3v) is 6.16. The molecular weight excluding hydrogens is 326 g/mol. The van der Waals surface area contributed by atoms with Crippen molar-refractivity contribution in [3.05, 3.63) is 41.3 Å². The van der Waals surface area contributed by atoms with Crippen molar-refractivity contribution >= 4 is 21.4 Å². The highest BCUT2D eigenvalue weighted by Gasteiger charge is 2.28. The highest BCUT2D eigenvalue weighted by molar-refractivity contribution is 7.91. The molecule has 22 heavy (non-hydrogen) atoms. The smallest absolute Gasteiger partial charge is 0.250 e. The van der Waals surface area contributed by atoms with E-state index in [9.17, 15) is 13.5 Å². The van der Waals surface area contributed by atoms with E-state index < -0.39 is 15.6 Å². The molecule has 0 saturated carbocycles. The quantitative estimate of drug-likeness (QED) is 0.864. The molecule has 0 radical (unpaired) electrons. The second kappa shape index (κ2) is 5.54. The van der Waals surface area contributed by atoms with E-state index in [1.165, 1.54) is 6.07 Å². The number of hydrogen-bond donors (Lipinski definition) is 2. The van der Waals surface area contributed by atoms with Crippen LogP contribution < -0.4 is 14.2 Å². The van der Waals surface area contributed by atoms with Crippen molar-refractivity contribution in [2.75, 3.05) is 13.3 Å². The zero-order valence-electron chi connectivity index (χ0n) is 11.8. The summed E-state index contributed by atoms with van der Waals surface area (Å²) in [7, 11) is -3.62. The summed E-state index contributed by atoms with van der Waals surface area (Å²) in [5, 5.41) is 12.2. The van der Waals surface area contributed by atoms with Gasteiger partial charge in [-0.3, -0.25) is 0 Å². The number of aliphatic hydroxyl groups is 1. The maximum Gasteiger partial charge on any atom is 0.250 e. The lowest BCUT2D eigenvalue weighted by molar-refractivity contribution is 0.0625. The molecule has 0 aliphatic carbocycles. The van der Waals surface area contributed by atoms with Crippen LogP contribution in [0.15, 0.2) is 39.9 Å². The van der Waals surface area contributed by atoms with Crippen LogP contribution in [-0.4, -0.2) is 26.9 Å². The summed E-state index contributed by atoms with van der Waals surface area (Å²) < 4.78 is 37.3. The van der Waals surface area contributed by atoms with Crippen LogP contribution >= 0.6 is 11.3 Å². The predicted molar refractivity (Wildman–Crippen MR) is 81.6 cm³/mol. The monoisotopic (exact) mass is 341 g/mol. The van der Waals surface area contributed by atoms with Gasteiger partial charge in [0.25, 0.3) is 0 Å². The number of fused-ring (bicyclic) bond motifs is 1. The van der Waals surface area contributed by atoms with Gasteiger partial charge in [-0.1, -0.05) is 12.1 Å². The Balaban J connectivity index is 1.76. The largest absolute Gasteiger partial charge is 0.454 e. The first kappa shape index (κ1) is 15.3. The Hall–Kier alpha value is -1.61. The van der Waals surface area contributed by atoms with E-state index in [1.807, 2.05) is 0 Å². The van der Waals surface area contributed by atoms with E-state index in [-0.39, 0.29) is 17.5 Å². The van der Waals surface area contributed by atoms with Gasteiger partial charge in [0.15, 0.2) is 11.5 Å². The molecule has 3 rings (SSSR count). The van der Waals surface area contributed by atoms with Crippen LogP contribution in [0.2, 0.25) is 0 Å². The van der Waals surface area contributed by atoms with Gasteiger partial charge < -0.3 is 14.6 Å². The summed E-state index contributed by atoms with van der Waals surface area (Å²) in [5.74, 6) is 1.15. The molecule has 2 heterocycles. The van der Waals surface area contributed by atoms with Crippen LogP contribution in [-0.2, 0) is 15.6 Å². The lowest BCUT2D eigenvalue weighted by Gasteiger charge is -2.24. The Bertz CT molecular complexity index is 769. The number of thiophene rings is 1. The van der Waals surface area contributed by atoms with Gasteiger partial charge in [0.2, 0.25) is 16.8 Å². The van der Waals surface area contributed by atoms with Crippen LogP contribution in [0.1, 0.15) is 12.5 Å². The van der Waals surface area contributed by atoms with Crippen LogP contribution in [0.25, 0.3) is 0 Å². The normalized spacial score (nSPS) is 16.5. The van der Waals surface area contributed by atoms with Gasteiger partial charge >= 0.3 is 0 Å².